The van der Waals surface area contributed by atoms with Crippen LogP contribution < -0.4 is 15.4 Å². The molecule has 1 atom stereocenters. The van der Waals surface area contributed by atoms with Gasteiger partial charge in [-0.3, -0.25) is 15.3 Å². The van der Waals surface area contributed by atoms with E-state index >= 15 is 0 Å². The van der Waals surface area contributed by atoms with Gasteiger partial charge in [0.15, 0.2) is 0 Å². The van der Waals surface area contributed by atoms with Gasteiger partial charge in [-0.15, -0.1) is 0 Å². The molecular weight excluding hydrogens is 408 g/mol. The summed E-state index contributed by atoms with van der Waals surface area (Å²) in [6.07, 6.45) is 6.54. The molecule has 1 aromatic carbocycles. The van der Waals surface area contributed by atoms with Gasteiger partial charge in [-0.1, -0.05) is 6.08 Å². The first-order valence-corrected chi connectivity index (χ1v) is 10.4. The van der Waals surface area contributed by atoms with Crippen molar-refractivity contribution >= 4 is 34.8 Å². The van der Waals surface area contributed by atoms with Gasteiger partial charge in [-0.2, -0.15) is 0 Å². The molecule has 166 valence electrons. The molecule has 3 heterocycles. The number of aliphatic imine (C=N–C) groups is 1. The summed E-state index contributed by atoms with van der Waals surface area (Å²) in [5, 5.41) is 5.44. The number of fused-ring (bicyclic) bond motifs is 1. The van der Waals surface area contributed by atoms with E-state index in [1.54, 1.807) is 20.4 Å². The Labute approximate surface area is 186 Å². The Kier molecular flexibility index (Phi) is 6.46. The van der Waals surface area contributed by atoms with Crippen molar-refractivity contribution in [1.29, 1.82) is 0 Å². The van der Waals surface area contributed by atoms with Gasteiger partial charge in [0, 0.05) is 31.6 Å². The number of pyridine rings is 1. The van der Waals surface area contributed by atoms with Crippen LogP contribution in [0.1, 0.15) is 18.9 Å². The van der Waals surface area contributed by atoms with Crippen molar-refractivity contribution in [2.75, 3.05) is 32.7 Å². The second-order valence-corrected chi connectivity index (χ2v) is 7.33. The average Bonchev–Trinajstić information content (AvgIpc) is 3.21. The van der Waals surface area contributed by atoms with Crippen LogP contribution in [0.2, 0.25) is 0 Å². The van der Waals surface area contributed by atoms with Crippen LogP contribution in [0.15, 0.2) is 41.5 Å². The number of amides is 2. The number of ether oxygens (including phenoxy) is 2. The molecule has 9 heteroatoms. The molecule has 0 spiro atoms. The van der Waals surface area contributed by atoms with E-state index in [0.29, 0.717) is 36.1 Å². The number of nitrogens with zero attached hydrogens (tertiary/aromatic N) is 3. The number of nitrogens with one attached hydrogen (secondary N) is 3. The fourth-order valence-corrected chi connectivity index (χ4v) is 3.65. The maximum Gasteiger partial charge on any atom is 0.321 e. The minimum Gasteiger partial charge on any atom is -0.494 e. The second-order valence-electron chi connectivity index (χ2n) is 7.33. The van der Waals surface area contributed by atoms with Crippen molar-refractivity contribution in [1.82, 2.24) is 20.3 Å². The summed E-state index contributed by atoms with van der Waals surface area (Å²) in [6.45, 7) is 2.96. The summed E-state index contributed by atoms with van der Waals surface area (Å²) >= 11 is 0. The summed E-state index contributed by atoms with van der Waals surface area (Å²) < 4.78 is 10.8. The second kappa shape index (κ2) is 9.61. The Hall–Kier alpha value is -3.72. The fourth-order valence-electron chi connectivity index (χ4n) is 3.65. The van der Waals surface area contributed by atoms with Crippen LogP contribution in [0.25, 0.3) is 27.9 Å². The van der Waals surface area contributed by atoms with Gasteiger partial charge in [-0.05, 0) is 48.7 Å². The van der Waals surface area contributed by atoms with E-state index in [1.807, 2.05) is 37.4 Å². The molecule has 32 heavy (non-hydrogen) atoms. The third kappa shape index (κ3) is 4.47. The van der Waals surface area contributed by atoms with E-state index in [-0.39, 0.29) is 12.1 Å². The number of H-pyrrole nitrogens is 1. The monoisotopic (exact) mass is 434 g/mol. The third-order valence-electron chi connectivity index (χ3n) is 5.13. The molecule has 0 bridgehead atoms. The van der Waals surface area contributed by atoms with E-state index < -0.39 is 0 Å². The Morgan fingerprint density at radius 2 is 2.19 bits per heavy atom. The SMILES string of the molecule is CCNC(=O)Nc1nc2c(-c3ncccc3OC)cc(C3=CCC(COC)N=C3)cc2[nH]1. The lowest BCUT2D eigenvalue weighted by atomic mass is 9.97. The highest BCUT2D eigenvalue weighted by atomic mass is 16.5. The molecule has 1 aliphatic heterocycles. The highest BCUT2D eigenvalue weighted by Gasteiger charge is 2.19. The standard InChI is InChI=1S/C23H26N6O3/c1-4-24-23(30)29-22-27-18-11-15(14-7-8-16(13-31-2)26-12-14)10-17(20(18)28-22)21-19(32-3)6-5-9-25-21/h5-7,9-12,16H,4,8,13H2,1-3H3,(H3,24,27,28,29,30). The van der Waals surface area contributed by atoms with Crippen LogP contribution in [0, 0.1) is 0 Å². The number of hydrogen-bond donors (Lipinski definition) is 3. The number of methoxy groups -OCH3 is 2. The van der Waals surface area contributed by atoms with Crippen molar-refractivity contribution < 1.29 is 14.3 Å². The largest absolute Gasteiger partial charge is 0.494 e. The minimum atomic E-state index is -0.324. The molecule has 0 aliphatic carbocycles. The minimum absolute atomic E-state index is 0.128. The van der Waals surface area contributed by atoms with Gasteiger partial charge in [0.2, 0.25) is 5.95 Å². The number of rotatable bonds is 7. The van der Waals surface area contributed by atoms with Gasteiger partial charge in [0.25, 0.3) is 0 Å². The summed E-state index contributed by atoms with van der Waals surface area (Å²) in [7, 11) is 3.29. The predicted molar refractivity (Wildman–Crippen MR) is 125 cm³/mol. The lowest BCUT2D eigenvalue weighted by Gasteiger charge is -2.16. The Morgan fingerprint density at radius 1 is 1.31 bits per heavy atom. The summed E-state index contributed by atoms with van der Waals surface area (Å²) in [5.41, 5.74) is 4.89. The van der Waals surface area contributed by atoms with Crippen molar-refractivity contribution in [3.8, 4) is 17.0 Å². The molecule has 3 N–H and O–H groups in total. The van der Waals surface area contributed by atoms with Crippen molar-refractivity contribution in [3.05, 3.63) is 42.1 Å². The number of carbonyl (C=O) groups is 1. The zero-order valence-corrected chi connectivity index (χ0v) is 18.3. The Balaban J connectivity index is 1.81. The van der Waals surface area contributed by atoms with Crippen LogP contribution >= 0.6 is 0 Å². The predicted octanol–water partition coefficient (Wildman–Crippen LogP) is 3.65. The number of carbonyl (C=O) groups excluding carboxylic acids is 1. The number of benzene rings is 1. The molecule has 0 saturated carbocycles. The number of dihydropyridines is 1. The summed E-state index contributed by atoms with van der Waals surface area (Å²) in [5.74, 6) is 0.990. The van der Waals surface area contributed by atoms with E-state index in [2.05, 4.69) is 36.7 Å². The number of allylic oxidation sites excluding steroid dienone is 1. The average molecular weight is 435 g/mol. The van der Waals surface area contributed by atoms with Crippen molar-refractivity contribution in [2.45, 2.75) is 19.4 Å². The highest BCUT2D eigenvalue weighted by molar-refractivity contribution is 6.12. The number of aromatic amines is 1. The maximum absolute atomic E-state index is 12.0. The van der Waals surface area contributed by atoms with Crippen LogP contribution in [-0.2, 0) is 4.74 Å². The molecule has 1 aliphatic rings. The van der Waals surface area contributed by atoms with E-state index in [4.69, 9.17) is 9.47 Å². The lowest BCUT2D eigenvalue weighted by molar-refractivity contribution is 0.181. The van der Waals surface area contributed by atoms with Crippen LogP contribution in [0.4, 0.5) is 10.7 Å². The Bertz CT molecular complexity index is 1180. The summed E-state index contributed by atoms with van der Waals surface area (Å²) in [6, 6.07) is 7.51. The van der Waals surface area contributed by atoms with Crippen LogP contribution in [0.5, 0.6) is 5.75 Å². The van der Waals surface area contributed by atoms with Crippen molar-refractivity contribution in [2.24, 2.45) is 4.99 Å². The zero-order chi connectivity index (χ0) is 22.5. The highest BCUT2D eigenvalue weighted by Crippen LogP contribution is 2.36. The molecule has 4 rings (SSSR count). The molecule has 3 aromatic rings. The van der Waals surface area contributed by atoms with E-state index in [0.717, 1.165) is 28.6 Å². The number of hydrogen-bond acceptors (Lipinski definition) is 6. The fraction of sp³-hybridized carbons (Fsp3) is 0.304. The molecule has 1 unspecified atom stereocenters. The first-order chi connectivity index (χ1) is 15.6. The van der Waals surface area contributed by atoms with Crippen LogP contribution in [0.3, 0.4) is 0 Å². The van der Waals surface area contributed by atoms with Crippen molar-refractivity contribution in [3.63, 3.8) is 0 Å². The number of anilines is 1. The molecule has 0 saturated heterocycles. The molecule has 2 aromatic heterocycles. The molecule has 0 fully saturated rings. The Morgan fingerprint density at radius 3 is 2.91 bits per heavy atom. The smallest absolute Gasteiger partial charge is 0.321 e. The first-order valence-electron chi connectivity index (χ1n) is 10.4. The van der Waals surface area contributed by atoms with Crippen LogP contribution in [-0.4, -0.2) is 60.6 Å². The van der Waals surface area contributed by atoms with E-state index in [9.17, 15) is 4.79 Å². The molecule has 2 amide bonds. The normalized spacial score (nSPS) is 15.5. The first kappa shape index (κ1) is 21.5. The molecular formula is C23H26N6O3. The quantitative estimate of drug-likeness (QED) is 0.525. The zero-order valence-electron chi connectivity index (χ0n) is 18.3. The maximum atomic E-state index is 12.0. The van der Waals surface area contributed by atoms with E-state index in [1.165, 1.54) is 0 Å². The van der Waals surface area contributed by atoms with Gasteiger partial charge in [0.1, 0.15) is 17.0 Å². The molecule has 9 nitrogen and oxygen atoms in total. The lowest BCUT2D eigenvalue weighted by Crippen LogP contribution is -2.28. The van der Waals surface area contributed by atoms with Gasteiger partial charge in [-0.25, -0.2) is 9.78 Å². The third-order valence-corrected chi connectivity index (χ3v) is 5.13. The van der Waals surface area contributed by atoms with Gasteiger partial charge >= 0.3 is 6.03 Å². The van der Waals surface area contributed by atoms with Gasteiger partial charge < -0.3 is 19.8 Å². The topological polar surface area (TPSA) is 114 Å². The summed E-state index contributed by atoms with van der Waals surface area (Å²) in [4.78, 5) is 29.0. The number of imidazole rings is 1. The molecule has 0 radical (unpaired) electrons. The number of aromatic nitrogens is 3. The number of urea groups is 1. The van der Waals surface area contributed by atoms with Gasteiger partial charge in [0.05, 0.1) is 25.3 Å².